The predicted molar refractivity (Wildman–Crippen MR) is 126 cm³/mol. The van der Waals surface area contributed by atoms with Crippen LogP contribution in [0.4, 0.5) is 0 Å². The van der Waals surface area contributed by atoms with Crippen molar-refractivity contribution < 1.29 is 19.2 Å². The lowest BCUT2D eigenvalue weighted by atomic mass is 10.0. The molecule has 6 nitrogen and oxygen atoms in total. The van der Waals surface area contributed by atoms with Crippen molar-refractivity contribution in [3.63, 3.8) is 0 Å². The van der Waals surface area contributed by atoms with Crippen LogP contribution in [0.5, 0.6) is 5.75 Å². The lowest BCUT2D eigenvalue weighted by Crippen LogP contribution is -2.10. The van der Waals surface area contributed by atoms with Crippen molar-refractivity contribution in [2.24, 2.45) is 0 Å². The molecule has 4 rings (SSSR count). The molecule has 7 heteroatoms. The van der Waals surface area contributed by atoms with Crippen LogP contribution >= 0.6 is 11.3 Å². The Morgan fingerprint density at radius 2 is 1.91 bits per heavy atom. The van der Waals surface area contributed by atoms with Crippen molar-refractivity contribution in [2.75, 3.05) is 6.61 Å². The largest absolute Gasteiger partial charge is 0.481 e. The van der Waals surface area contributed by atoms with Crippen molar-refractivity contribution in [1.82, 2.24) is 10.1 Å². The predicted octanol–water partition coefficient (Wildman–Crippen LogP) is 5.94. The van der Waals surface area contributed by atoms with E-state index in [1.54, 1.807) is 17.4 Å². The standard InChI is InChI=1S/C25H26N2O4S/c1-14(2)24-22(32-25(26-24)17-7-5-15(3)6-8-17)10-9-19-18-11-16(4)20(30-13-23(28)29)12-21(18)31-27-19/h5-8,11-12,14H,9-10,13H2,1-4H3,(H,28,29). The molecule has 0 saturated heterocycles. The minimum atomic E-state index is -1.02. The van der Waals surface area contributed by atoms with E-state index in [1.807, 2.05) is 13.0 Å². The van der Waals surface area contributed by atoms with E-state index in [-0.39, 0.29) is 6.61 Å². The van der Waals surface area contributed by atoms with Gasteiger partial charge in [-0.1, -0.05) is 48.8 Å². The van der Waals surface area contributed by atoms with Gasteiger partial charge in [0, 0.05) is 21.9 Å². The summed E-state index contributed by atoms with van der Waals surface area (Å²) in [5.41, 5.74) is 5.85. The molecule has 4 aromatic rings. The smallest absolute Gasteiger partial charge is 0.341 e. The van der Waals surface area contributed by atoms with Crippen LogP contribution in [0.2, 0.25) is 0 Å². The van der Waals surface area contributed by atoms with E-state index in [0.717, 1.165) is 45.8 Å². The summed E-state index contributed by atoms with van der Waals surface area (Å²) in [4.78, 5) is 17.0. The van der Waals surface area contributed by atoms with Crippen LogP contribution in [0, 0.1) is 13.8 Å². The zero-order valence-corrected chi connectivity index (χ0v) is 19.5. The van der Waals surface area contributed by atoms with Gasteiger partial charge in [0.2, 0.25) is 0 Å². The highest BCUT2D eigenvalue weighted by Gasteiger charge is 2.18. The van der Waals surface area contributed by atoms with Gasteiger partial charge in [-0.3, -0.25) is 0 Å². The fourth-order valence-corrected chi connectivity index (χ4v) is 4.87. The molecule has 32 heavy (non-hydrogen) atoms. The van der Waals surface area contributed by atoms with Crippen LogP contribution in [0.15, 0.2) is 40.9 Å². The number of hydrogen-bond donors (Lipinski definition) is 1. The molecule has 0 atom stereocenters. The number of aryl methyl sites for hydroxylation is 4. The molecular weight excluding hydrogens is 424 g/mol. The van der Waals surface area contributed by atoms with Crippen molar-refractivity contribution in [2.45, 2.75) is 46.5 Å². The molecule has 2 aromatic carbocycles. The molecule has 0 aliphatic carbocycles. The van der Waals surface area contributed by atoms with Gasteiger partial charge in [-0.05, 0) is 44.2 Å². The first-order valence-corrected chi connectivity index (χ1v) is 11.4. The molecule has 0 aliphatic rings. The molecule has 1 N–H and O–H groups in total. The normalized spacial score (nSPS) is 11.4. The van der Waals surface area contributed by atoms with Crippen LogP contribution in [0.3, 0.4) is 0 Å². The summed E-state index contributed by atoms with van der Waals surface area (Å²) in [6.07, 6.45) is 1.56. The number of carbonyl (C=O) groups is 1. The van der Waals surface area contributed by atoms with E-state index >= 15 is 0 Å². The molecule has 0 fully saturated rings. The fourth-order valence-electron chi connectivity index (χ4n) is 3.64. The summed E-state index contributed by atoms with van der Waals surface area (Å²) in [7, 11) is 0. The number of rotatable bonds is 8. The maximum absolute atomic E-state index is 10.8. The van der Waals surface area contributed by atoms with Crippen molar-refractivity contribution in [3.05, 3.63) is 63.8 Å². The number of carboxylic acid groups (broad SMARTS) is 1. The fraction of sp³-hybridized carbons (Fsp3) is 0.320. The van der Waals surface area contributed by atoms with Gasteiger partial charge in [0.15, 0.2) is 12.2 Å². The maximum Gasteiger partial charge on any atom is 0.341 e. The van der Waals surface area contributed by atoms with E-state index in [9.17, 15) is 4.79 Å². The first-order chi connectivity index (χ1) is 15.3. The number of ether oxygens (including phenoxy) is 1. The second-order valence-corrected chi connectivity index (χ2v) is 9.36. The van der Waals surface area contributed by atoms with Gasteiger partial charge in [0.1, 0.15) is 10.8 Å². The number of hydrogen-bond acceptors (Lipinski definition) is 6. The Hall–Kier alpha value is -3.19. The molecule has 0 bridgehead atoms. The minimum absolute atomic E-state index is 0.339. The van der Waals surface area contributed by atoms with Gasteiger partial charge in [-0.15, -0.1) is 11.3 Å². The number of fused-ring (bicyclic) bond motifs is 1. The average molecular weight is 451 g/mol. The highest BCUT2D eigenvalue weighted by molar-refractivity contribution is 7.15. The van der Waals surface area contributed by atoms with Crippen LogP contribution in [0.25, 0.3) is 21.5 Å². The summed E-state index contributed by atoms with van der Waals surface area (Å²) in [6, 6.07) is 12.1. The Labute approximate surface area is 190 Å². The molecule has 0 spiro atoms. The number of nitrogens with zero attached hydrogens (tertiary/aromatic N) is 2. The number of aliphatic carboxylic acids is 1. The van der Waals surface area contributed by atoms with E-state index in [1.165, 1.54) is 10.4 Å². The number of benzene rings is 2. The Morgan fingerprint density at radius 3 is 2.59 bits per heavy atom. The highest BCUT2D eigenvalue weighted by atomic mass is 32.1. The second kappa shape index (κ2) is 9.12. The van der Waals surface area contributed by atoms with Gasteiger partial charge < -0.3 is 14.4 Å². The summed E-state index contributed by atoms with van der Waals surface area (Å²) in [5.74, 6) is -0.182. The van der Waals surface area contributed by atoms with Crippen LogP contribution in [-0.2, 0) is 17.6 Å². The lowest BCUT2D eigenvalue weighted by Gasteiger charge is -2.07. The van der Waals surface area contributed by atoms with Crippen LogP contribution in [0.1, 0.15) is 47.2 Å². The first kappa shape index (κ1) is 22.0. The molecule has 2 heterocycles. The van der Waals surface area contributed by atoms with Gasteiger partial charge >= 0.3 is 5.97 Å². The van der Waals surface area contributed by atoms with Crippen LogP contribution < -0.4 is 4.74 Å². The van der Waals surface area contributed by atoms with Crippen molar-refractivity contribution >= 4 is 28.3 Å². The molecular formula is C25H26N2O4S. The zero-order chi connectivity index (χ0) is 22.8. The number of thiazole rings is 1. The quantitative estimate of drug-likeness (QED) is 0.357. The van der Waals surface area contributed by atoms with E-state index < -0.39 is 5.97 Å². The molecule has 2 aromatic heterocycles. The van der Waals surface area contributed by atoms with Gasteiger partial charge in [0.25, 0.3) is 0 Å². The Morgan fingerprint density at radius 1 is 1.16 bits per heavy atom. The Balaban J connectivity index is 1.57. The minimum Gasteiger partial charge on any atom is -0.481 e. The maximum atomic E-state index is 10.8. The van der Waals surface area contributed by atoms with E-state index in [2.05, 4.69) is 50.2 Å². The molecule has 0 saturated carbocycles. The van der Waals surface area contributed by atoms with Crippen molar-refractivity contribution in [3.8, 4) is 16.3 Å². The first-order valence-electron chi connectivity index (χ1n) is 10.6. The molecule has 0 amide bonds. The summed E-state index contributed by atoms with van der Waals surface area (Å²) >= 11 is 1.74. The highest BCUT2D eigenvalue weighted by Crippen LogP contribution is 2.34. The molecule has 0 unspecified atom stereocenters. The number of carboxylic acids is 1. The van der Waals surface area contributed by atoms with Gasteiger partial charge in [0.05, 0.1) is 11.4 Å². The van der Waals surface area contributed by atoms with E-state index in [4.69, 9.17) is 19.4 Å². The summed E-state index contributed by atoms with van der Waals surface area (Å²) < 4.78 is 10.9. The molecule has 0 radical (unpaired) electrons. The SMILES string of the molecule is Cc1ccc(-c2nc(C(C)C)c(CCc3noc4cc(OCC(=O)O)c(C)cc34)s2)cc1. The monoisotopic (exact) mass is 450 g/mol. The Bertz CT molecular complexity index is 1260. The third-order valence-electron chi connectivity index (χ3n) is 5.36. The molecule has 0 aliphatic heterocycles. The van der Waals surface area contributed by atoms with Gasteiger partial charge in [-0.2, -0.15) is 0 Å². The summed E-state index contributed by atoms with van der Waals surface area (Å²) in [6.45, 7) is 7.93. The van der Waals surface area contributed by atoms with Gasteiger partial charge in [-0.25, -0.2) is 9.78 Å². The molecule has 166 valence electrons. The number of aromatic nitrogens is 2. The Kier molecular flexibility index (Phi) is 6.28. The third-order valence-corrected chi connectivity index (χ3v) is 6.54. The van der Waals surface area contributed by atoms with E-state index in [0.29, 0.717) is 17.3 Å². The topological polar surface area (TPSA) is 85.5 Å². The van der Waals surface area contributed by atoms with Crippen molar-refractivity contribution in [1.29, 1.82) is 0 Å². The zero-order valence-electron chi connectivity index (χ0n) is 18.6. The lowest BCUT2D eigenvalue weighted by molar-refractivity contribution is -0.139. The van der Waals surface area contributed by atoms with Crippen LogP contribution in [-0.4, -0.2) is 27.8 Å². The second-order valence-electron chi connectivity index (χ2n) is 8.27. The third kappa shape index (κ3) is 4.67. The summed E-state index contributed by atoms with van der Waals surface area (Å²) in [5, 5.41) is 15.1. The average Bonchev–Trinajstić information content (AvgIpc) is 3.35.